The standard InChI is InChI=1S/C27H35O11P/c1-6-35-26(31)18(4)37-15-38-39(33)12-8-7-9-19(25(29)30)13-16(2)10-11-20-23(28)22-21(14-36-27(22)32)17(3)24(20)34-5/h7-8,10,12,18-19,28H,6,9,11,13-15H2,1-5H3,(H,29,30). The monoisotopic (exact) mass is 566 g/mol. The predicted molar refractivity (Wildman–Crippen MR) is 142 cm³/mol. The molecular formula is C27H35O11P. The molecule has 3 unspecified atom stereocenters. The summed E-state index contributed by atoms with van der Waals surface area (Å²) in [5.41, 5.74) is 2.65. The normalized spacial score (nSPS) is 15.2. The molecule has 0 aliphatic carbocycles. The first-order valence-electron chi connectivity index (χ1n) is 12.4. The molecule has 1 aliphatic heterocycles. The van der Waals surface area contributed by atoms with E-state index >= 15 is 0 Å². The van der Waals surface area contributed by atoms with E-state index in [9.17, 15) is 29.5 Å². The highest BCUT2D eigenvalue weighted by Gasteiger charge is 2.32. The Bertz CT molecular complexity index is 1150. The first kappa shape index (κ1) is 32.0. The molecule has 2 N–H and O–H groups in total. The zero-order valence-corrected chi connectivity index (χ0v) is 23.6. The number of carboxylic acid groups (broad SMARTS) is 1. The molecule has 12 heteroatoms. The molecule has 0 saturated heterocycles. The summed E-state index contributed by atoms with van der Waals surface area (Å²) in [6, 6.07) is 0. The van der Waals surface area contributed by atoms with Gasteiger partial charge in [0.05, 0.1) is 19.6 Å². The second kappa shape index (κ2) is 15.4. The van der Waals surface area contributed by atoms with Crippen molar-refractivity contribution in [1.82, 2.24) is 0 Å². The van der Waals surface area contributed by atoms with Crippen LogP contribution in [0.5, 0.6) is 11.5 Å². The van der Waals surface area contributed by atoms with E-state index in [1.54, 1.807) is 32.9 Å². The zero-order valence-electron chi connectivity index (χ0n) is 22.7. The lowest BCUT2D eigenvalue weighted by molar-refractivity contribution is -0.185. The van der Waals surface area contributed by atoms with E-state index in [-0.39, 0.29) is 50.6 Å². The number of carbonyl (C=O) groups excluding carboxylic acids is 2. The fourth-order valence-electron chi connectivity index (χ4n) is 3.98. The van der Waals surface area contributed by atoms with Crippen molar-refractivity contribution in [2.75, 3.05) is 20.5 Å². The number of methoxy groups -OCH3 is 1. The number of allylic oxidation sites excluding steroid dienone is 4. The van der Waals surface area contributed by atoms with E-state index in [0.717, 1.165) is 5.57 Å². The predicted octanol–water partition coefficient (Wildman–Crippen LogP) is 3.32. The molecule has 39 heavy (non-hydrogen) atoms. The molecule has 0 spiro atoms. The maximum Gasteiger partial charge on any atom is 0.342 e. The average molecular weight is 567 g/mol. The minimum Gasteiger partial charge on any atom is -0.603 e. The van der Waals surface area contributed by atoms with Gasteiger partial charge in [0.1, 0.15) is 29.5 Å². The van der Waals surface area contributed by atoms with E-state index in [1.807, 2.05) is 0 Å². The van der Waals surface area contributed by atoms with Crippen molar-refractivity contribution in [2.45, 2.75) is 59.7 Å². The van der Waals surface area contributed by atoms with E-state index in [4.69, 9.17) is 23.5 Å². The van der Waals surface area contributed by atoms with Crippen LogP contribution in [0.3, 0.4) is 0 Å². The zero-order chi connectivity index (χ0) is 29.1. The second-order valence-corrected chi connectivity index (χ2v) is 9.94. The number of ether oxygens (including phenoxy) is 4. The molecule has 0 bridgehead atoms. The minimum atomic E-state index is -2.22. The third-order valence-electron chi connectivity index (χ3n) is 6.10. The Kier molecular flexibility index (Phi) is 12.6. The molecule has 1 aliphatic rings. The Labute approximate surface area is 228 Å². The Morgan fingerprint density at radius 3 is 2.67 bits per heavy atom. The molecule has 0 saturated carbocycles. The van der Waals surface area contributed by atoms with Crippen molar-refractivity contribution >= 4 is 31.7 Å². The summed E-state index contributed by atoms with van der Waals surface area (Å²) in [5.74, 6) is -1.34. The molecule has 2 rings (SSSR count). The highest BCUT2D eigenvalue weighted by atomic mass is 31.1. The van der Waals surface area contributed by atoms with Gasteiger partial charge in [0.2, 0.25) is 8.00 Å². The van der Waals surface area contributed by atoms with Crippen molar-refractivity contribution in [3.63, 3.8) is 0 Å². The summed E-state index contributed by atoms with van der Waals surface area (Å²) in [6.45, 7) is 6.66. The molecule has 1 aromatic rings. The first-order valence-corrected chi connectivity index (χ1v) is 13.6. The quantitative estimate of drug-likeness (QED) is 0.139. The van der Waals surface area contributed by atoms with Gasteiger partial charge in [-0.05, 0) is 58.6 Å². The van der Waals surface area contributed by atoms with E-state index in [2.05, 4.69) is 0 Å². The Morgan fingerprint density at radius 1 is 1.31 bits per heavy atom. The number of aliphatic carboxylic acids is 1. The molecule has 0 radical (unpaired) electrons. The van der Waals surface area contributed by atoms with Crippen molar-refractivity contribution < 1.29 is 53.0 Å². The van der Waals surface area contributed by atoms with Crippen LogP contribution in [0, 0.1) is 12.8 Å². The molecule has 0 amide bonds. The minimum absolute atomic E-state index is 0.0765. The largest absolute Gasteiger partial charge is 0.603 e. The van der Waals surface area contributed by atoms with Gasteiger partial charge in [0.15, 0.2) is 12.9 Å². The van der Waals surface area contributed by atoms with E-state index in [0.29, 0.717) is 22.4 Å². The fraction of sp³-hybridized carbons (Fsp3) is 0.481. The van der Waals surface area contributed by atoms with Gasteiger partial charge in [0.25, 0.3) is 0 Å². The number of rotatable bonds is 15. The van der Waals surface area contributed by atoms with Crippen LogP contribution in [0.25, 0.3) is 0 Å². The van der Waals surface area contributed by atoms with Crippen molar-refractivity contribution in [2.24, 2.45) is 5.92 Å². The van der Waals surface area contributed by atoms with Gasteiger partial charge in [-0.2, -0.15) is 4.52 Å². The van der Waals surface area contributed by atoms with E-state index in [1.165, 1.54) is 25.9 Å². The van der Waals surface area contributed by atoms with Gasteiger partial charge in [-0.25, -0.2) is 9.59 Å². The van der Waals surface area contributed by atoms with Gasteiger partial charge in [-0.3, -0.25) is 4.79 Å². The smallest absolute Gasteiger partial charge is 0.342 e. The molecule has 1 aromatic carbocycles. The topological polar surface area (TPSA) is 161 Å². The van der Waals surface area contributed by atoms with Gasteiger partial charge in [-0.1, -0.05) is 17.7 Å². The number of hydrogen-bond donors (Lipinski definition) is 2. The van der Waals surface area contributed by atoms with Crippen molar-refractivity contribution in [1.29, 1.82) is 0 Å². The van der Waals surface area contributed by atoms with Crippen LogP contribution in [0.2, 0.25) is 0 Å². The van der Waals surface area contributed by atoms with Crippen LogP contribution in [0.15, 0.2) is 23.8 Å². The molecule has 3 atom stereocenters. The number of fused-ring (bicyclic) bond motifs is 1. The number of phenols is 1. The molecule has 0 aromatic heterocycles. The van der Waals surface area contributed by atoms with Crippen LogP contribution in [0.4, 0.5) is 0 Å². The summed E-state index contributed by atoms with van der Waals surface area (Å²) in [7, 11) is -0.738. The molecule has 214 valence electrons. The van der Waals surface area contributed by atoms with Gasteiger partial charge < -0.3 is 34.1 Å². The fourth-order valence-corrected chi connectivity index (χ4v) is 4.49. The molecule has 11 nitrogen and oxygen atoms in total. The molecular weight excluding hydrogens is 531 g/mol. The number of cyclic esters (lactones) is 1. The number of carbonyl (C=O) groups is 3. The van der Waals surface area contributed by atoms with Crippen LogP contribution in [-0.2, 0) is 41.4 Å². The van der Waals surface area contributed by atoms with Gasteiger partial charge in [-0.15, -0.1) is 0 Å². The van der Waals surface area contributed by atoms with Crippen LogP contribution in [0.1, 0.15) is 60.7 Å². The lowest BCUT2D eigenvalue weighted by Gasteiger charge is -2.16. The Morgan fingerprint density at radius 2 is 2.03 bits per heavy atom. The third kappa shape index (κ3) is 8.90. The maximum absolute atomic E-state index is 12.1. The molecule has 0 fully saturated rings. The Hall–Kier alpha value is -3.24. The number of aromatic hydroxyl groups is 1. The summed E-state index contributed by atoms with van der Waals surface area (Å²) < 4.78 is 25.4. The van der Waals surface area contributed by atoms with E-state index < -0.39 is 37.9 Å². The third-order valence-corrected chi connectivity index (χ3v) is 6.88. The number of hydrogen-bond acceptors (Lipinski definition) is 10. The number of phenolic OH excluding ortho intramolecular Hbond substituents is 1. The summed E-state index contributed by atoms with van der Waals surface area (Å²) in [4.78, 5) is 47.3. The number of benzene rings is 1. The van der Waals surface area contributed by atoms with Gasteiger partial charge in [0, 0.05) is 11.1 Å². The highest BCUT2D eigenvalue weighted by Crippen LogP contribution is 2.42. The summed E-state index contributed by atoms with van der Waals surface area (Å²) in [6.07, 6.45) is 4.60. The highest BCUT2D eigenvalue weighted by molar-refractivity contribution is 7.45. The molecule has 1 heterocycles. The Balaban J connectivity index is 1.97. The SMILES string of the molecule is CCOC(=O)C(C)OCO[P+]([O-])=CC=CCC(CC(C)=CCc1c(O)c2c(c(C)c1OC)COC2=O)C(=O)O. The second-order valence-electron chi connectivity index (χ2n) is 8.82. The van der Waals surface area contributed by atoms with Crippen LogP contribution < -0.4 is 9.63 Å². The lowest BCUT2D eigenvalue weighted by Crippen LogP contribution is -2.24. The van der Waals surface area contributed by atoms with Crippen molar-refractivity contribution in [3.05, 3.63) is 46.1 Å². The average Bonchev–Trinajstić information content (AvgIpc) is 3.28. The van der Waals surface area contributed by atoms with Crippen molar-refractivity contribution in [3.8, 4) is 11.5 Å². The van der Waals surface area contributed by atoms with Crippen LogP contribution >= 0.6 is 8.00 Å². The lowest BCUT2D eigenvalue weighted by atomic mass is 9.93. The van der Waals surface area contributed by atoms with Gasteiger partial charge >= 0.3 is 17.9 Å². The number of carboxylic acids is 1. The summed E-state index contributed by atoms with van der Waals surface area (Å²) >= 11 is 0. The first-order chi connectivity index (χ1) is 18.5. The maximum atomic E-state index is 12.1. The number of esters is 2. The van der Waals surface area contributed by atoms with Crippen LogP contribution in [-0.4, -0.2) is 60.5 Å². The summed E-state index contributed by atoms with van der Waals surface area (Å²) in [5, 5.41) is 20.4.